The fourth-order valence-corrected chi connectivity index (χ4v) is 2.67. The second-order valence-electron chi connectivity index (χ2n) is 5.75. The summed E-state index contributed by atoms with van der Waals surface area (Å²) in [5, 5.41) is 6.97. The fraction of sp³-hybridized carbons (Fsp3) is 0.158. The van der Waals surface area contributed by atoms with E-state index in [1.165, 1.54) is 18.3 Å². The topological polar surface area (TPSA) is 46.9 Å². The first-order valence-electron chi connectivity index (χ1n) is 7.83. The lowest BCUT2D eigenvalue weighted by molar-refractivity contribution is 0.0938. The molecule has 4 nitrogen and oxygen atoms in total. The molecule has 128 valence electrons. The Kier molecular flexibility index (Phi) is 4.61. The van der Waals surface area contributed by atoms with Gasteiger partial charge in [0.1, 0.15) is 11.6 Å². The van der Waals surface area contributed by atoms with Crippen LogP contribution in [0, 0.1) is 18.6 Å². The lowest BCUT2D eigenvalue weighted by atomic mass is 10.1. The highest BCUT2D eigenvalue weighted by atomic mass is 19.1. The van der Waals surface area contributed by atoms with Crippen LogP contribution >= 0.6 is 0 Å². The molecule has 3 aromatic rings. The van der Waals surface area contributed by atoms with Crippen molar-refractivity contribution in [2.24, 2.45) is 0 Å². The average Bonchev–Trinajstić information content (AvgIpc) is 2.97. The Morgan fingerprint density at radius 2 is 1.88 bits per heavy atom. The molecule has 1 heterocycles. The summed E-state index contributed by atoms with van der Waals surface area (Å²) < 4.78 is 28.5. The highest BCUT2D eigenvalue weighted by Crippen LogP contribution is 2.19. The van der Waals surface area contributed by atoms with Gasteiger partial charge in [0.2, 0.25) is 0 Å². The molecule has 1 atom stereocenters. The summed E-state index contributed by atoms with van der Waals surface area (Å²) in [5.74, 6) is -1.71. The lowest BCUT2D eigenvalue weighted by Crippen LogP contribution is -2.27. The Balaban J connectivity index is 1.81. The van der Waals surface area contributed by atoms with Crippen molar-refractivity contribution < 1.29 is 13.6 Å². The minimum atomic E-state index is -0.690. The van der Waals surface area contributed by atoms with E-state index in [9.17, 15) is 13.6 Å². The molecule has 6 heteroatoms. The van der Waals surface area contributed by atoms with Gasteiger partial charge in [-0.05, 0) is 32.0 Å². The van der Waals surface area contributed by atoms with Crippen LogP contribution in [-0.2, 0) is 0 Å². The van der Waals surface area contributed by atoms with Gasteiger partial charge in [-0.1, -0.05) is 24.3 Å². The number of hydrogen-bond acceptors (Lipinski definition) is 2. The molecule has 0 radical (unpaired) electrons. The Morgan fingerprint density at radius 3 is 2.56 bits per heavy atom. The summed E-state index contributed by atoms with van der Waals surface area (Å²) in [4.78, 5) is 12.5. The van der Waals surface area contributed by atoms with E-state index < -0.39 is 17.7 Å². The zero-order valence-corrected chi connectivity index (χ0v) is 13.8. The monoisotopic (exact) mass is 341 g/mol. The third kappa shape index (κ3) is 3.42. The van der Waals surface area contributed by atoms with E-state index in [4.69, 9.17) is 0 Å². The highest BCUT2D eigenvalue weighted by Gasteiger charge is 2.19. The number of aromatic nitrogens is 2. The second-order valence-corrected chi connectivity index (χ2v) is 5.75. The summed E-state index contributed by atoms with van der Waals surface area (Å²) in [6, 6.07) is 12.1. The molecule has 0 fully saturated rings. The van der Waals surface area contributed by atoms with E-state index in [2.05, 4.69) is 10.4 Å². The second kappa shape index (κ2) is 6.84. The molecule has 25 heavy (non-hydrogen) atoms. The van der Waals surface area contributed by atoms with E-state index in [1.54, 1.807) is 18.5 Å². The van der Waals surface area contributed by atoms with Crippen LogP contribution in [-0.4, -0.2) is 15.7 Å². The smallest absolute Gasteiger partial charge is 0.255 e. The van der Waals surface area contributed by atoms with E-state index in [1.807, 2.05) is 30.3 Å². The van der Waals surface area contributed by atoms with Crippen LogP contribution < -0.4 is 5.32 Å². The number of carbonyl (C=O) groups excluding carboxylic acids is 1. The standard InChI is InChI=1S/C19H17F2N3O/c1-12(16-9-8-14(20)10-18(16)21)23-19(25)17-11-22-24(13(17)2)15-6-4-3-5-7-15/h3-12H,1-2H3,(H,23,25). The molecule has 0 aliphatic rings. The molecular weight excluding hydrogens is 324 g/mol. The predicted molar refractivity (Wildman–Crippen MR) is 90.5 cm³/mol. The third-order valence-electron chi connectivity index (χ3n) is 4.03. The van der Waals surface area contributed by atoms with Crippen LogP contribution in [0.5, 0.6) is 0 Å². The molecule has 2 aromatic carbocycles. The molecular formula is C19H17F2N3O. The molecule has 1 unspecified atom stereocenters. The van der Waals surface area contributed by atoms with Gasteiger partial charge >= 0.3 is 0 Å². The average molecular weight is 341 g/mol. The summed E-state index contributed by atoms with van der Waals surface area (Å²) in [7, 11) is 0. The Morgan fingerprint density at radius 1 is 1.16 bits per heavy atom. The van der Waals surface area contributed by atoms with Crippen LogP contribution in [0.4, 0.5) is 8.78 Å². The highest BCUT2D eigenvalue weighted by molar-refractivity contribution is 5.95. The number of amides is 1. The molecule has 1 aromatic heterocycles. The minimum absolute atomic E-state index is 0.225. The Bertz CT molecular complexity index is 906. The van der Waals surface area contributed by atoms with Crippen molar-refractivity contribution in [3.63, 3.8) is 0 Å². The normalized spacial score (nSPS) is 12.0. The number of nitrogens with zero attached hydrogens (tertiary/aromatic N) is 2. The van der Waals surface area contributed by atoms with Gasteiger partial charge in [0.15, 0.2) is 0 Å². The first-order valence-corrected chi connectivity index (χ1v) is 7.83. The largest absolute Gasteiger partial charge is 0.345 e. The maximum absolute atomic E-state index is 13.9. The van der Waals surface area contributed by atoms with Gasteiger partial charge in [0, 0.05) is 11.6 Å². The molecule has 0 aliphatic carbocycles. The van der Waals surface area contributed by atoms with Crippen molar-refractivity contribution in [3.05, 3.63) is 83.2 Å². The zero-order valence-electron chi connectivity index (χ0n) is 13.8. The Labute approximate surface area is 144 Å². The van der Waals surface area contributed by atoms with Gasteiger partial charge in [-0.2, -0.15) is 5.10 Å². The first kappa shape index (κ1) is 16.8. The molecule has 0 saturated carbocycles. The molecule has 0 bridgehead atoms. The number of carbonyl (C=O) groups is 1. The van der Waals surface area contributed by atoms with E-state index >= 15 is 0 Å². The van der Waals surface area contributed by atoms with E-state index in [0.717, 1.165) is 11.8 Å². The predicted octanol–water partition coefficient (Wildman–Crippen LogP) is 3.95. The number of halogens is 2. The number of nitrogens with one attached hydrogen (secondary N) is 1. The van der Waals surface area contributed by atoms with Crippen LogP contribution in [0.15, 0.2) is 54.7 Å². The van der Waals surface area contributed by atoms with Crippen molar-refractivity contribution in [1.82, 2.24) is 15.1 Å². The number of hydrogen-bond donors (Lipinski definition) is 1. The van der Waals surface area contributed by atoms with Gasteiger partial charge in [0.25, 0.3) is 5.91 Å². The SMILES string of the molecule is Cc1c(C(=O)NC(C)c2ccc(F)cc2F)cnn1-c1ccccc1. The van der Waals surface area contributed by atoms with Crippen molar-refractivity contribution >= 4 is 5.91 Å². The lowest BCUT2D eigenvalue weighted by Gasteiger charge is -2.15. The maximum Gasteiger partial charge on any atom is 0.255 e. The van der Waals surface area contributed by atoms with Gasteiger partial charge in [-0.15, -0.1) is 0 Å². The minimum Gasteiger partial charge on any atom is -0.345 e. The molecule has 1 N–H and O–H groups in total. The van der Waals surface area contributed by atoms with Gasteiger partial charge in [-0.25, -0.2) is 13.5 Å². The zero-order chi connectivity index (χ0) is 18.0. The third-order valence-corrected chi connectivity index (χ3v) is 4.03. The molecule has 0 saturated heterocycles. The van der Waals surface area contributed by atoms with Gasteiger partial charge in [-0.3, -0.25) is 4.79 Å². The van der Waals surface area contributed by atoms with Crippen molar-refractivity contribution in [1.29, 1.82) is 0 Å². The quantitative estimate of drug-likeness (QED) is 0.781. The van der Waals surface area contributed by atoms with Gasteiger partial charge in [0.05, 0.1) is 29.2 Å². The van der Waals surface area contributed by atoms with Crippen LogP contribution in [0.2, 0.25) is 0 Å². The molecule has 1 amide bonds. The van der Waals surface area contributed by atoms with Crippen molar-refractivity contribution in [2.45, 2.75) is 19.9 Å². The summed E-state index contributed by atoms with van der Waals surface area (Å²) in [5.41, 5.74) is 2.15. The number of rotatable bonds is 4. The van der Waals surface area contributed by atoms with Crippen LogP contribution in [0.1, 0.15) is 34.6 Å². The maximum atomic E-state index is 13.9. The summed E-state index contributed by atoms with van der Waals surface area (Å²) in [6.45, 7) is 3.43. The van der Waals surface area contributed by atoms with E-state index in [0.29, 0.717) is 11.3 Å². The van der Waals surface area contributed by atoms with Crippen LogP contribution in [0.3, 0.4) is 0 Å². The number of para-hydroxylation sites is 1. The molecule has 0 spiro atoms. The molecule has 0 aliphatic heterocycles. The Hall–Kier alpha value is -3.02. The van der Waals surface area contributed by atoms with E-state index in [-0.39, 0.29) is 11.5 Å². The van der Waals surface area contributed by atoms with Gasteiger partial charge < -0.3 is 5.32 Å². The number of benzene rings is 2. The van der Waals surface area contributed by atoms with Crippen LogP contribution in [0.25, 0.3) is 5.69 Å². The summed E-state index contributed by atoms with van der Waals surface area (Å²) >= 11 is 0. The first-order chi connectivity index (χ1) is 12.0. The van der Waals surface area contributed by atoms with Crippen molar-refractivity contribution in [3.8, 4) is 5.69 Å². The van der Waals surface area contributed by atoms with Crippen molar-refractivity contribution in [2.75, 3.05) is 0 Å². The molecule has 3 rings (SSSR count). The summed E-state index contributed by atoms with van der Waals surface area (Å²) in [6.07, 6.45) is 1.48. The fourth-order valence-electron chi connectivity index (χ4n) is 2.67.